The third kappa shape index (κ3) is 3.10. The van der Waals surface area contributed by atoms with E-state index in [9.17, 15) is 9.59 Å². The number of imide groups is 1. The highest BCUT2D eigenvalue weighted by Gasteiger charge is 2.34. The lowest BCUT2D eigenvalue weighted by atomic mass is 10.1. The van der Waals surface area contributed by atoms with Gasteiger partial charge in [-0.25, -0.2) is 0 Å². The van der Waals surface area contributed by atoms with E-state index in [-0.39, 0.29) is 11.8 Å². The molecular formula is C17H14BrNO2S. The molecule has 0 atom stereocenters. The molecule has 0 aromatic heterocycles. The Morgan fingerprint density at radius 2 is 1.50 bits per heavy atom. The van der Waals surface area contributed by atoms with Gasteiger partial charge in [0.05, 0.1) is 11.1 Å². The largest absolute Gasteiger partial charge is 0.274 e. The van der Waals surface area contributed by atoms with Crippen molar-refractivity contribution in [3.8, 4) is 0 Å². The molecule has 5 heteroatoms. The van der Waals surface area contributed by atoms with Gasteiger partial charge in [0.15, 0.2) is 0 Å². The molecule has 112 valence electrons. The van der Waals surface area contributed by atoms with E-state index in [2.05, 4.69) is 28.1 Å². The highest BCUT2D eigenvalue weighted by molar-refractivity contribution is 9.10. The normalized spacial score (nSPS) is 13.6. The van der Waals surface area contributed by atoms with Crippen LogP contribution in [0.4, 0.5) is 0 Å². The lowest BCUT2D eigenvalue weighted by Gasteiger charge is -2.13. The quantitative estimate of drug-likeness (QED) is 0.585. The molecule has 0 radical (unpaired) electrons. The van der Waals surface area contributed by atoms with Crippen molar-refractivity contribution in [3.63, 3.8) is 0 Å². The molecule has 0 saturated heterocycles. The molecule has 1 aliphatic heterocycles. The van der Waals surface area contributed by atoms with Crippen LogP contribution in [-0.2, 0) is 5.75 Å². The van der Waals surface area contributed by atoms with Gasteiger partial charge in [-0.05, 0) is 29.8 Å². The summed E-state index contributed by atoms with van der Waals surface area (Å²) in [6, 6.07) is 15.2. The van der Waals surface area contributed by atoms with Gasteiger partial charge in [-0.3, -0.25) is 14.5 Å². The van der Waals surface area contributed by atoms with Crippen LogP contribution in [0, 0.1) is 0 Å². The number of nitrogens with zero attached hydrogens (tertiary/aromatic N) is 1. The molecule has 22 heavy (non-hydrogen) atoms. The fourth-order valence-corrected chi connectivity index (χ4v) is 3.52. The minimum Gasteiger partial charge on any atom is -0.274 e. The molecule has 3 rings (SSSR count). The van der Waals surface area contributed by atoms with Gasteiger partial charge in [-0.2, -0.15) is 11.8 Å². The molecule has 0 N–H and O–H groups in total. The fraction of sp³-hybridized carbons (Fsp3) is 0.176. The number of halogens is 1. The molecule has 1 aliphatic rings. The average molecular weight is 376 g/mol. The third-order valence-electron chi connectivity index (χ3n) is 3.52. The molecule has 0 fully saturated rings. The van der Waals surface area contributed by atoms with Gasteiger partial charge in [0.2, 0.25) is 0 Å². The topological polar surface area (TPSA) is 37.4 Å². The highest BCUT2D eigenvalue weighted by Crippen LogP contribution is 2.23. The summed E-state index contributed by atoms with van der Waals surface area (Å²) in [7, 11) is 0. The second-order valence-corrected chi connectivity index (χ2v) is 7.01. The van der Waals surface area contributed by atoms with Crippen LogP contribution in [0.3, 0.4) is 0 Å². The maximum atomic E-state index is 12.2. The molecule has 0 spiro atoms. The van der Waals surface area contributed by atoms with Gasteiger partial charge >= 0.3 is 0 Å². The average Bonchev–Trinajstić information content (AvgIpc) is 2.78. The van der Waals surface area contributed by atoms with Crippen molar-refractivity contribution in [2.45, 2.75) is 5.75 Å². The third-order valence-corrected chi connectivity index (χ3v) is 5.06. The number of hydrogen-bond acceptors (Lipinski definition) is 3. The van der Waals surface area contributed by atoms with Crippen molar-refractivity contribution in [3.05, 3.63) is 69.7 Å². The van der Waals surface area contributed by atoms with Crippen molar-refractivity contribution >= 4 is 39.5 Å². The summed E-state index contributed by atoms with van der Waals surface area (Å²) in [6.45, 7) is 0.452. The minimum atomic E-state index is -0.176. The number of carbonyl (C=O) groups excluding carboxylic acids is 2. The van der Waals surface area contributed by atoms with Crippen molar-refractivity contribution in [1.29, 1.82) is 0 Å². The van der Waals surface area contributed by atoms with Crippen molar-refractivity contribution < 1.29 is 9.59 Å². The van der Waals surface area contributed by atoms with E-state index in [1.807, 2.05) is 12.1 Å². The summed E-state index contributed by atoms with van der Waals surface area (Å²) in [5.41, 5.74) is 2.27. The number of hydrogen-bond donors (Lipinski definition) is 0. The molecule has 2 amide bonds. The first-order chi connectivity index (χ1) is 10.7. The molecule has 2 aromatic rings. The van der Waals surface area contributed by atoms with Gasteiger partial charge in [0.25, 0.3) is 11.8 Å². The number of carbonyl (C=O) groups is 2. The van der Waals surface area contributed by atoms with E-state index < -0.39 is 0 Å². The standard InChI is InChI=1S/C17H14BrNO2S/c18-13-7-5-12(6-8-13)11-22-10-9-19-16(20)14-3-1-2-4-15(14)17(19)21/h1-8H,9-11H2. The Balaban J connectivity index is 1.54. The Morgan fingerprint density at radius 1 is 0.909 bits per heavy atom. The monoisotopic (exact) mass is 375 g/mol. The van der Waals surface area contributed by atoms with E-state index in [0.717, 1.165) is 16.0 Å². The summed E-state index contributed by atoms with van der Waals surface area (Å²) >= 11 is 5.13. The second-order valence-electron chi connectivity index (χ2n) is 4.99. The van der Waals surface area contributed by atoms with Crippen LogP contribution in [0.25, 0.3) is 0 Å². The molecule has 0 unspecified atom stereocenters. The van der Waals surface area contributed by atoms with Gasteiger partial charge < -0.3 is 0 Å². The first kappa shape index (κ1) is 15.3. The number of benzene rings is 2. The maximum Gasteiger partial charge on any atom is 0.261 e. The zero-order chi connectivity index (χ0) is 15.5. The fourth-order valence-electron chi connectivity index (χ4n) is 2.37. The SMILES string of the molecule is O=C1c2ccccc2C(=O)N1CCSCc1ccc(Br)cc1. The summed E-state index contributed by atoms with van der Waals surface area (Å²) in [5.74, 6) is 1.26. The minimum absolute atomic E-state index is 0.176. The van der Waals surface area contributed by atoms with Crippen LogP contribution in [0.15, 0.2) is 53.0 Å². The van der Waals surface area contributed by atoms with E-state index in [1.165, 1.54) is 10.5 Å². The van der Waals surface area contributed by atoms with Gasteiger partial charge in [0, 0.05) is 22.5 Å². The maximum absolute atomic E-state index is 12.2. The van der Waals surface area contributed by atoms with E-state index in [0.29, 0.717) is 17.7 Å². The number of fused-ring (bicyclic) bond motifs is 1. The van der Waals surface area contributed by atoms with Crippen LogP contribution < -0.4 is 0 Å². The zero-order valence-electron chi connectivity index (χ0n) is 11.8. The Labute approximate surface area is 141 Å². The Hall–Kier alpha value is -1.59. The van der Waals surface area contributed by atoms with E-state index in [1.54, 1.807) is 36.0 Å². The van der Waals surface area contributed by atoms with Gasteiger partial charge in [-0.15, -0.1) is 0 Å². The number of rotatable bonds is 5. The van der Waals surface area contributed by atoms with Crippen molar-refractivity contribution in [2.24, 2.45) is 0 Å². The van der Waals surface area contributed by atoms with Crippen molar-refractivity contribution in [1.82, 2.24) is 4.90 Å². The van der Waals surface area contributed by atoms with Gasteiger partial charge in [0.1, 0.15) is 0 Å². The zero-order valence-corrected chi connectivity index (χ0v) is 14.2. The van der Waals surface area contributed by atoms with Crippen molar-refractivity contribution in [2.75, 3.05) is 12.3 Å². The molecule has 3 nitrogen and oxygen atoms in total. The predicted octanol–water partition coefficient (Wildman–Crippen LogP) is 3.98. The number of amides is 2. The Bertz CT molecular complexity index is 680. The van der Waals surface area contributed by atoms with Crippen LogP contribution in [0.5, 0.6) is 0 Å². The second kappa shape index (κ2) is 6.67. The molecule has 1 heterocycles. The van der Waals surface area contributed by atoms with E-state index >= 15 is 0 Å². The van der Waals surface area contributed by atoms with Crippen LogP contribution in [-0.4, -0.2) is 29.0 Å². The molecule has 2 aromatic carbocycles. The summed E-state index contributed by atoms with van der Waals surface area (Å²) in [4.78, 5) is 25.7. The lowest BCUT2D eigenvalue weighted by Crippen LogP contribution is -2.31. The summed E-state index contributed by atoms with van der Waals surface area (Å²) in [6.07, 6.45) is 0. The molecule has 0 saturated carbocycles. The first-order valence-electron chi connectivity index (χ1n) is 6.94. The Kier molecular flexibility index (Phi) is 4.64. The van der Waals surface area contributed by atoms with E-state index in [4.69, 9.17) is 0 Å². The molecular weight excluding hydrogens is 362 g/mol. The first-order valence-corrected chi connectivity index (χ1v) is 8.89. The molecule has 0 aliphatic carbocycles. The smallest absolute Gasteiger partial charge is 0.261 e. The lowest BCUT2D eigenvalue weighted by molar-refractivity contribution is 0.0664. The van der Waals surface area contributed by atoms with Crippen LogP contribution in [0.1, 0.15) is 26.3 Å². The van der Waals surface area contributed by atoms with Gasteiger partial charge in [-0.1, -0.05) is 40.2 Å². The van der Waals surface area contributed by atoms with Crippen LogP contribution in [0.2, 0.25) is 0 Å². The number of thioether (sulfide) groups is 1. The predicted molar refractivity (Wildman–Crippen MR) is 92.1 cm³/mol. The summed E-state index contributed by atoms with van der Waals surface area (Å²) in [5, 5.41) is 0. The summed E-state index contributed by atoms with van der Waals surface area (Å²) < 4.78 is 1.06. The highest BCUT2D eigenvalue weighted by atomic mass is 79.9. The Morgan fingerprint density at radius 3 is 2.09 bits per heavy atom. The van der Waals surface area contributed by atoms with Crippen LogP contribution >= 0.6 is 27.7 Å². The molecule has 0 bridgehead atoms.